The van der Waals surface area contributed by atoms with Crippen molar-refractivity contribution in [2.75, 3.05) is 7.05 Å². The number of allylic oxidation sites excluding steroid dienone is 4. The Hall–Kier alpha value is -0.890. The Morgan fingerprint density at radius 2 is 1.87 bits per heavy atom. The number of ketones is 1. The van der Waals surface area contributed by atoms with Gasteiger partial charge in [-0.25, -0.2) is 0 Å². The Morgan fingerprint density at radius 1 is 1.20 bits per heavy atom. The van der Waals surface area contributed by atoms with Crippen LogP contribution in [-0.4, -0.2) is 18.9 Å². The average molecular weight is 207 g/mol. The Kier molecular flexibility index (Phi) is 6.02. The first kappa shape index (κ1) is 12.2. The fraction of sp³-hybridized carbons (Fsp3) is 0.615. The van der Waals surface area contributed by atoms with Crippen LogP contribution in [0, 0.1) is 0 Å². The van der Waals surface area contributed by atoms with E-state index < -0.39 is 0 Å². The van der Waals surface area contributed by atoms with E-state index in [0.717, 1.165) is 19.3 Å². The van der Waals surface area contributed by atoms with E-state index in [1.54, 1.807) is 0 Å². The van der Waals surface area contributed by atoms with Crippen LogP contribution in [0.5, 0.6) is 0 Å². The monoisotopic (exact) mass is 207 g/mol. The van der Waals surface area contributed by atoms with Crippen molar-refractivity contribution in [1.29, 1.82) is 0 Å². The zero-order chi connectivity index (χ0) is 10.9. The molecule has 0 spiro atoms. The molecular weight excluding hydrogens is 186 g/mol. The number of Topliss-reactive ketones (excluding diaryl/α,β-unsaturated/α-hetero) is 1. The zero-order valence-corrected chi connectivity index (χ0v) is 9.54. The Labute approximate surface area is 92.4 Å². The Morgan fingerprint density at radius 3 is 2.20 bits per heavy atom. The van der Waals surface area contributed by atoms with Crippen LogP contribution >= 0.6 is 0 Å². The third kappa shape index (κ3) is 4.93. The maximum absolute atomic E-state index is 11.0. The van der Waals surface area contributed by atoms with Crippen molar-refractivity contribution in [3.63, 3.8) is 0 Å². The van der Waals surface area contributed by atoms with Gasteiger partial charge in [0.15, 0.2) is 0 Å². The van der Waals surface area contributed by atoms with Crippen molar-refractivity contribution in [3.8, 4) is 0 Å². The van der Waals surface area contributed by atoms with Gasteiger partial charge in [0.05, 0.1) is 6.04 Å². The molecule has 0 aromatic rings. The normalized spacial score (nSPS) is 24.6. The molecule has 84 valence electrons. The highest BCUT2D eigenvalue weighted by atomic mass is 16.1. The number of rotatable bonds is 1. The molecule has 1 unspecified atom stereocenters. The largest absolute Gasteiger partial charge is 0.311 e. The highest BCUT2D eigenvalue weighted by Gasteiger charge is 2.19. The first-order valence-electron chi connectivity index (χ1n) is 5.86. The lowest BCUT2D eigenvalue weighted by Crippen LogP contribution is -2.36. The summed E-state index contributed by atoms with van der Waals surface area (Å²) in [6.45, 7) is 0. The van der Waals surface area contributed by atoms with Crippen LogP contribution in [0.3, 0.4) is 0 Å². The summed E-state index contributed by atoms with van der Waals surface area (Å²) in [5, 5.41) is 3.00. The minimum Gasteiger partial charge on any atom is -0.311 e. The van der Waals surface area contributed by atoms with Crippen molar-refractivity contribution in [1.82, 2.24) is 5.32 Å². The third-order valence-corrected chi connectivity index (χ3v) is 2.79. The molecule has 2 rings (SSSR count). The molecule has 0 aromatic carbocycles. The number of carbonyl (C=O) groups is 1. The van der Waals surface area contributed by atoms with Crippen molar-refractivity contribution in [2.24, 2.45) is 0 Å². The Bertz CT molecular complexity index is 231. The predicted octanol–water partition coefficient (Wildman–Crippen LogP) is 2.61. The fourth-order valence-electron chi connectivity index (χ4n) is 1.83. The van der Waals surface area contributed by atoms with Crippen LogP contribution in [0.25, 0.3) is 0 Å². The molecule has 2 nitrogen and oxygen atoms in total. The maximum atomic E-state index is 11.0. The van der Waals surface area contributed by atoms with Gasteiger partial charge < -0.3 is 5.32 Å². The van der Waals surface area contributed by atoms with Gasteiger partial charge in [-0.2, -0.15) is 0 Å². The molecule has 15 heavy (non-hydrogen) atoms. The summed E-state index contributed by atoms with van der Waals surface area (Å²) in [6, 6.07) is 0.166. The topological polar surface area (TPSA) is 29.1 Å². The SMILES string of the molecule is C1=CCCC=C1.CNC1CCCCC1=O. The Balaban J connectivity index is 0.000000162. The highest BCUT2D eigenvalue weighted by molar-refractivity contribution is 5.84. The van der Waals surface area contributed by atoms with Crippen LogP contribution in [0.15, 0.2) is 24.3 Å². The molecule has 0 aromatic heterocycles. The molecule has 2 heteroatoms. The van der Waals surface area contributed by atoms with Crippen LogP contribution < -0.4 is 5.32 Å². The molecule has 1 fully saturated rings. The number of likely N-dealkylation sites (N-methyl/N-ethyl adjacent to an activating group) is 1. The number of hydrogen-bond donors (Lipinski definition) is 1. The van der Waals surface area contributed by atoms with Gasteiger partial charge in [-0.05, 0) is 32.7 Å². The smallest absolute Gasteiger partial charge is 0.149 e. The summed E-state index contributed by atoms with van der Waals surface area (Å²) in [7, 11) is 1.86. The molecule has 2 aliphatic carbocycles. The molecule has 0 aliphatic heterocycles. The number of hydrogen-bond acceptors (Lipinski definition) is 2. The molecule has 1 atom stereocenters. The second-order valence-corrected chi connectivity index (χ2v) is 3.99. The lowest BCUT2D eigenvalue weighted by Gasteiger charge is -2.18. The molecule has 0 saturated heterocycles. The van der Waals surface area contributed by atoms with Gasteiger partial charge >= 0.3 is 0 Å². The number of carbonyl (C=O) groups excluding carboxylic acids is 1. The minimum absolute atomic E-state index is 0.166. The van der Waals surface area contributed by atoms with E-state index in [1.807, 2.05) is 7.05 Å². The van der Waals surface area contributed by atoms with Gasteiger partial charge in [0.25, 0.3) is 0 Å². The molecule has 0 radical (unpaired) electrons. The van der Waals surface area contributed by atoms with Crippen molar-refractivity contribution >= 4 is 5.78 Å². The molecule has 2 aliphatic rings. The molecular formula is C13H21NO. The molecule has 1 N–H and O–H groups in total. The average Bonchev–Trinajstić information content (AvgIpc) is 2.33. The van der Waals surface area contributed by atoms with Gasteiger partial charge in [0.1, 0.15) is 5.78 Å². The predicted molar refractivity (Wildman–Crippen MR) is 63.8 cm³/mol. The lowest BCUT2D eigenvalue weighted by molar-refractivity contribution is -0.122. The molecule has 0 heterocycles. The van der Waals surface area contributed by atoms with Crippen LogP contribution in [0.1, 0.15) is 38.5 Å². The number of nitrogens with one attached hydrogen (secondary N) is 1. The molecule has 1 saturated carbocycles. The molecule has 0 amide bonds. The summed E-state index contributed by atoms with van der Waals surface area (Å²) >= 11 is 0. The summed E-state index contributed by atoms with van der Waals surface area (Å²) in [5.74, 6) is 0.392. The maximum Gasteiger partial charge on any atom is 0.149 e. The van der Waals surface area contributed by atoms with Crippen LogP contribution in [0.2, 0.25) is 0 Å². The van der Waals surface area contributed by atoms with Gasteiger partial charge in [0.2, 0.25) is 0 Å². The van der Waals surface area contributed by atoms with E-state index in [0.29, 0.717) is 5.78 Å². The van der Waals surface area contributed by atoms with Gasteiger partial charge in [-0.3, -0.25) is 4.79 Å². The highest BCUT2D eigenvalue weighted by Crippen LogP contribution is 2.13. The van der Waals surface area contributed by atoms with Gasteiger partial charge in [-0.1, -0.05) is 30.7 Å². The fourth-order valence-corrected chi connectivity index (χ4v) is 1.83. The summed E-state index contributed by atoms with van der Waals surface area (Å²) in [4.78, 5) is 11.0. The van der Waals surface area contributed by atoms with E-state index in [2.05, 4.69) is 29.6 Å². The van der Waals surface area contributed by atoms with E-state index >= 15 is 0 Å². The van der Waals surface area contributed by atoms with Crippen LogP contribution in [0.4, 0.5) is 0 Å². The van der Waals surface area contributed by atoms with Crippen molar-refractivity contribution < 1.29 is 4.79 Å². The van der Waals surface area contributed by atoms with E-state index in [9.17, 15) is 4.79 Å². The van der Waals surface area contributed by atoms with E-state index in [4.69, 9.17) is 0 Å². The summed E-state index contributed by atoms with van der Waals surface area (Å²) in [5.41, 5.74) is 0. The first-order valence-corrected chi connectivity index (χ1v) is 5.86. The zero-order valence-electron chi connectivity index (χ0n) is 9.54. The van der Waals surface area contributed by atoms with E-state index in [1.165, 1.54) is 19.3 Å². The van der Waals surface area contributed by atoms with Gasteiger partial charge in [0, 0.05) is 6.42 Å². The summed E-state index contributed by atoms with van der Waals surface area (Å²) < 4.78 is 0. The third-order valence-electron chi connectivity index (χ3n) is 2.79. The standard InChI is InChI=1S/C7H13NO.C6H8/c1-8-6-4-2-3-5-7(6)9;1-2-4-6-5-3-1/h6,8H,2-5H2,1H3;1-4H,5-6H2. The van der Waals surface area contributed by atoms with Gasteiger partial charge in [-0.15, -0.1) is 0 Å². The van der Waals surface area contributed by atoms with E-state index in [-0.39, 0.29) is 6.04 Å². The lowest BCUT2D eigenvalue weighted by atomic mass is 9.94. The quantitative estimate of drug-likeness (QED) is 0.716. The minimum atomic E-state index is 0.166. The summed E-state index contributed by atoms with van der Waals surface area (Å²) in [6.07, 6.45) is 15.1. The van der Waals surface area contributed by atoms with Crippen molar-refractivity contribution in [3.05, 3.63) is 24.3 Å². The van der Waals surface area contributed by atoms with Crippen molar-refractivity contribution in [2.45, 2.75) is 44.6 Å². The first-order chi connectivity index (χ1) is 7.34. The molecule has 0 bridgehead atoms. The second kappa shape index (κ2) is 7.41. The van der Waals surface area contributed by atoms with Crippen LogP contribution in [-0.2, 0) is 4.79 Å². The second-order valence-electron chi connectivity index (χ2n) is 3.99.